The molecule has 19 heavy (non-hydrogen) atoms. The minimum atomic E-state index is -0.400. The lowest BCUT2D eigenvalue weighted by atomic mass is 10.1. The number of aromatic nitrogens is 1. The Balaban J connectivity index is 2.20. The predicted octanol–water partition coefficient (Wildman–Crippen LogP) is 2.31. The van der Waals surface area contributed by atoms with Crippen LogP contribution in [0.15, 0.2) is 18.3 Å². The van der Waals surface area contributed by atoms with Crippen LogP contribution in [0.4, 0.5) is 0 Å². The zero-order valence-electron chi connectivity index (χ0n) is 11.7. The molecule has 106 valence electrons. The van der Waals surface area contributed by atoms with Crippen LogP contribution in [0.5, 0.6) is 5.88 Å². The second-order valence-electron chi connectivity index (χ2n) is 4.52. The predicted molar refractivity (Wildman–Crippen MR) is 71.3 cm³/mol. The number of rotatable bonds is 8. The summed E-state index contributed by atoms with van der Waals surface area (Å²) >= 11 is 0. The van der Waals surface area contributed by atoms with Crippen molar-refractivity contribution < 1.29 is 19.0 Å². The van der Waals surface area contributed by atoms with E-state index in [1.807, 2.05) is 0 Å². The molecule has 0 saturated carbocycles. The van der Waals surface area contributed by atoms with Crippen molar-refractivity contribution in [3.8, 4) is 5.88 Å². The number of nitrogens with zero attached hydrogens (tertiary/aromatic N) is 1. The van der Waals surface area contributed by atoms with Crippen molar-refractivity contribution in [3.63, 3.8) is 0 Å². The average Bonchev–Trinajstić information content (AvgIpc) is 2.42. The molecule has 0 aliphatic heterocycles. The van der Waals surface area contributed by atoms with Gasteiger partial charge in [0.2, 0.25) is 5.88 Å². The summed E-state index contributed by atoms with van der Waals surface area (Å²) in [6, 6.07) is 3.24. The lowest BCUT2D eigenvalue weighted by Gasteiger charge is -2.07. The van der Waals surface area contributed by atoms with Gasteiger partial charge in [-0.25, -0.2) is 9.78 Å². The number of ether oxygens (including phenoxy) is 3. The first-order valence-electron chi connectivity index (χ1n) is 6.38. The second-order valence-corrected chi connectivity index (χ2v) is 4.52. The van der Waals surface area contributed by atoms with Gasteiger partial charge >= 0.3 is 5.97 Å². The van der Waals surface area contributed by atoms with Gasteiger partial charge in [0.1, 0.15) is 6.61 Å². The normalized spacial score (nSPS) is 10.5. The highest BCUT2D eigenvalue weighted by Gasteiger charge is 2.07. The van der Waals surface area contributed by atoms with Gasteiger partial charge in [0.15, 0.2) is 0 Å². The van der Waals surface area contributed by atoms with Crippen LogP contribution < -0.4 is 4.74 Å². The molecule has 0 amide bonds. The first kappa shape index (κ1) is 15.4. The van der Waals surface area contributed by atoms with Crippen molar-refractivity contribution in [2.24, 2.45) is 5.92 Å². The van der Waals surface area contributed by atoms with Crippen molar-refractivity contribution >= 4 is 5.97 Å². The molecule has 0 aliphatic carbocycles. The summed E-state index contributed by atoms with van der Waals surface area (Å²) in [5, 5.41) is 0. The van der Waals surface area contributed by atoms with Crippen LogP contribution >= 0.6 is 0 Å². The SMILES string of the molecule is COc1ccc(C(=O)OCCOCCC(C)C)cn1. The van der Waals surface area contributed by atoms with Gasteiger partial charge in [-0.05, 0) is 18.4 Å². The van der Waals surface area contributed by atoms with Gasteiger partial charge < -0.3 is 14.2 Å². The van der Waals surface area contributed by atoms with E-state index in [4.69, 9.17) is 14.2 Å². The summed E-state index contributed by atoms with van der Waals surface area (Å²) < 4.78 is 15.3. The molecule has 1 heterocycles. The molecule has 5 heteroatoms. The molecule has 0 aliphatic rings. The monoisotopic (exact) mass is 267 g/mol. The van der Waals surface area contributed by atoms with E-state index in [0.29, 0.717) is 30.6 Å². The van der Waals surface area contributed by atoms with Crippen LogP contribution in [0.2, 0.25) is 0 Å². The molecule has 0 unspecified atom stereocenters. The molecule has 0 N–H and O–H groups in total. The summed E-state index contributed by atoms with van der Waals surface area (Å²) in [7, 11) is 1.52. The number of hydrogen-bond acceptors (Lipinski definition) is 5. The summed E-state index contributed by atoms with van der Waals surface area (Å²) in [4.78, 5) is 15.6. The van der Waals surface area contributed by atoms with E-state index in [9.17, 15) is 4.79 Å². The van der Waals surface area contributed by atoms with Gasteiger partial charge in [-0.3, -0.25) is 0 Å². The van der Waals surface area contributed by atoms with Crippen LogP contribution in [0, 0.1) is 5.92 Å². The Morgan fingerprint density at radius 3 is 2.63 bits per heavy atom. The number of pyridine rings is 1. The maximum atomic E-state index is 11.6. The lowest BCUT2D eigenvalue weighted by molar-refractivity contribution is 0.0303. The van der Waals surface area contributed by atoms with Crippen LogP contribution in [0.3, 0.4) is 0 Å². The highest BCUT2D eigenvalue weighted by Crippen LogP contribution is 2.07. The van der Waals surface area contributed by atoms with E-state index in [0.717, 1.165) is 6.42 Å². The molecule has 5 nitrogen and oxygen atoms in total. The Hall–Kier alpha value is -1.62. The zero-order valence-corrected chi connectivity index (χ0v) is 11.7. The summed E-state index contributed by atoms with van der Waals surface area (Å²) in [6.07, 6.45) is 2.44. The maximum Gasteiger partial charge on any atom is 0.339 e. The molecule has 0 spiro atoms. The van der Waals surface area contributed by atoms with E-state index < -0.39 is 5.97 Å². The Morgan fingerprint density at radius 2 is 2.05 bits per heavy atom. The van der Waals surface area contributed by atoms with Crippen LogP contribution in [-0.2, 0) is 9.47 Å². The van der Waals surface area contributed by atoms with Crippen molar-refractivity contribution in [2.45, 2.75) is 20.3 Å². The third kappa shape index (κ3) is 6.20. The average molecular weight is 267 g/mol. The Morgan fingerprint density at radius 1 is 1.26 bits per heavy atom. The van der Waals surface area contributed by atoms with Gasteiger partial charge in [0.25, 0.3) is 0 Å². The van der Waals surface area contributed by atoms with Gasteiger partial charge in [-0.1, -0.05) is 13.8 Å². The number of carbonyl (C=O) groups is 1. The zero-order chi connectivity index (χ0) is 14.1. The summed E-state index contributed by atoms with van der Waals surface area (Å²) in [5.41, 5.74) is 0.406. The van der Waals surface area contributed by atoms with Crippen molar-refractivity contribution in [1.82, 2.24) is 4.98 Å². The van der Waals surface area contributed by atoms with Crippen LogP contribution in [0.1, 0.15) is 30.6 Å². The fraction of sp³-hybridized carbons (Fsp3) is 0.571. The highest BCUT2D eigenvalue weighted by atomic mass is 16.6. The van der Waals surface area contributed by atoms with Gasteiger partial charge in [-0.2, -0.15) is 0 Å². The van der Waals surface area contributed by atoms with Crippen molar-refractivity contribution in [3.05, 3.63) is 23.9 Å². The smallest absolute Gasteiger partial charge is 0.339 e. The lowest BCUT2D eigenvalue weighted by Crippen LogP contribution is -2.12. The molecule has 1 aromatic rings. The van der Waals surface area contributed by atoms with Gasteiger partial charge in [0, 0.05) is 18.9 Å². The molecule has 0 fully saturated rings. The maximum absolute atomic E-state index is 11.6. The standard InChI is InChI=1S/C14H21NO4/c1-11(2)6-7-18-8-9-19-14(16)12-4-5-13(17-3)15-10-12/h4-5,10-11H,6-9H2,1-3H3. The molecular weight excluding hydrogens is 246 g/mol. The van der Waals surface area contributed by atoms with Gasteiger partial charge in [-0.15, -0.1) is 0 Å². The van der Waals surface area contributed by atoms with Gasteiger partial charge in [0.05, 0.1) is 19.3 Å². The molecule has 0 atom stereocenters. The van der Waals surface area contributed by atoms with E-state index in [1.165, 1.54) is 13.3 Å². The van der Waals surface area contributed by atoms with Crippen molar-refractivity contribution in [1.29, 1.82) is 0 Å². The number of hydrogen-bond donors (Lipinski definition) is 0. The third-order valence-electron chi connectivity index (χ3n) is 2.48. The minimum Gasteiger partial charge on any atom is -0.481 e. The highest BCUT2D eigenvalue weighted by molar-refractivity contribution is 5.89. The molecule has 1 aromatic heterocycles. The largest absolute Gasteiger partial charge is 0.481 e. The first-order chi connectivity index (χ1) is 9.13. The Bertz CT molecular complexity index is 376. The molecule has 0 radical (unpaired) electrons. The van der Waals surface area contributed by atoms with E-state index in [-0.39, 0.29) is 6.61 Å². The first-order valence-corrected chi connectivity index (χ1v) is 6.38. The van der Waals surface area contributed by atoms with Crippen LogP contribution in [-0.4, -0.2) is 37.9 Å². The van der Waals surface area contributed by atoms with Crippen LogP contribution in [0.25, 0.3) is 0 Å². The summed E-state index contributed by atoms with van der Waals surface area (Å²) in [5.74, 6) is 0.684. The van der Waals surface area contributed by atoms with E-state index >= 15 is 0 Å². The van der Waals surface area contributed by atoms with Crippen molar-refractivity contribution in [2.75, 3.05) is 26.9 Å². The summed E-state index contributed by atoms with van der Waals surface area (Å²) in [6.45, 7) is 5.64. The third-order valence-corrected chi connectivity index (χ3v) is 2.48. The number of methoxy groups -OCH3 is 1. The second kappa shape index (κ2) is 8.48. The molecule has 1 rings (SSSR count). The fourth-order valence-electron chi connectivity index (χ4n) is 1.32. The molecule has 0 bridgehead atoms. The molecular formula is C14H21NO4. The van der Waals surface area contributed by atoms with E-state index in [2.05, 4.69) is 18.8 Å². The minimum absolute atomic E-state index is 0.253. The quantitative estimate of drug-likeness (QED) is 0.534. The molecule has 0 aromatic carbocycles. The van der Waals surface area contributed by atoms with E-state index in [1.54, 1.807) is 12.1 Å². The number of carbonyl (C=O) groups excluding carboxylic acids is 1. The topological polar surface area (TPSA) is 57.7 Å². The molecule has 0 saturated heterocycles. The fourth-order valence-corrected chi connectivity index (χ4v) is 1.32. The Kier molecular flexibility index (Phi) is 6.89. The Labute approximate surface area is 113 Å². The number of esters is 1.